The molecule has 1 aliphatic rings. The van der Waals surface area contributed by atoms with Gasteiger partial charge in [0.2, 0.25) is 11.8 Å². The zero-order valence-electron chi connectivity index (χ0n) is 11.5. The summed E-state index contributed by atoms with van der Waals surface area (Å²) in [6.45, 7) is 0.301. The van der Waals surface area contributed by atoms with Crippen molar-refractivity contribution in [1.29, 1.82) is 0 Å². The number of nitrogens with one attached hydrogen (secondary N) is 2. The number of hydrogen-bond donors (Lipinski definition) is 3. The Labute approximate surface area is 118 Å². The second-order valence-electron chi connectivity index (χ2n) is 5.21. The Hall–Kier alpha value is -1.88. The van der Waals surface area contributed by atoms with Gasteiger partial charge in [-0.25, -0.2) is 0 Å². The minimum absolute atomic E-state index is 0.0891. The Bertz CT molecular complexity index is 482. The molecule has 1 saturated carbocycles. The van der Waals surface area contributed by atoms with Gasteiger partial charge in [0.1, 0.15) is 0 Å². The van der Waals surface area contributed by atoms with E-state index in [0.29, 0.717) is 18.3 Å². The monoisotopic (exact) mass is 275 g/mol. The molecule has 1 fully saturated rings. The molecule has 1 aromatic carbocycles. The molecule has 108 valence electrons. The Morgan fingerprint density at radius 3 is 2.60 bits per heavy atom. The lowest BCUT2D eigenvalue weighted by Gasteiger charge is -2.13. The van der Waals surface area contributed by atoms with Crippen molar-refractivity contribution in [2.75, 3.05) is 11.9 Å². The van der Waals surface area contributed by atoms with Crippen LogP contribution in [-0.2, 0) is 16.0 Å². The highest BCUT2D eigenvalue weighted by molar-refractivity contribution is 5.93. The summed E-state index contributed by atoms with van der Waals surface area (Å²) in [4.78, 5) is 22.9. The first-order valence-corrected chi connectivity index (χ1v) is 7.04. The average molecular weight is 275 g/mol. The maximum absolute atomic E-state index is 11.9. The molecule has 0 saturated heterocycles. The fourth-order valence-corrected chi connectivity index (χ4v) is 2.55. The molecule has 5 nitrogen and oxygen atoms in total. The minimum Gasteiger partial charge on any atom is -0.369 e. The number of nitrogens with two attached hydrogens (primary N) is 1. The molecule has 4 N–H and O–H groups in total. The van der Waals surface area contributed by atoms with E-state index in [0.717, 1.165) is 18.4 Å². The normalized spacial score (nSPS) is 15.2. The summed E-state index contributed by atoms with van der Waals surface area (Å²) < 4.78 is 0. The molecule has 2 amide bonds. The molecule has 0 unspecified atom stereocenters. The first-order valence-electron chi connectivity index (χ1n) is 7.04. The van der Waals surface area contributed by atoms with Gasteiger partial charge in [-0.2, -0.15) is 0 Å². The molecule has 1 aromatic rings. The molecule has 0 aliphatic heterocycles. The van der Waals surface area contributed by atoms with Crippen molar-refractivity contribution in [2.45, 2.75) is 38.1 Å². The summed E-state index contributed by atoms with van der Waals surface area (Å²) in [5.74, 6) is -0.496. The molecule has 0 atom stereocenters. The number of primary amides is 1. The molecule has 0 radical (unpaired) electrons. The molecule has 0 heterocycles. The molecular formula is C15H21N3O2. The number of hydrogen-bond acceptors (Lipinski definition) is 3. The third kappa shape index (κ3) is 4.35. The van der Waals surface area contributed by atoms with E-state index in [1.807, 2.05) is 12.1 Å². The van der Waals surface area contributed by atoms with Crippen LogP contribution in [0.4, 0.5) is 5.69 Å². The van der Waals surface area contributed by atoms with Crippen molar-refractivity contribution in [2.24, 2.45) is 5.73 Å². The van der Waals surface area contributed by atoms with Gasteiger partial charge in [0, 0.05) is 11.7 Å². The highest BCUT2D eigenvalue weighted by atomic mass is 16.2. The van der Waals surface area contributed by atoms with E-state index in [4.69, 9.17) is 5.73 Å². The largest absolute Gasteiger partial charge is 0.369 e. The standard InChI is InChI=1S/C15H21N3O2/c16-14(19)9-11-5-1-4-8-13(11)18-15(20)10-17-12-6-2-3-7-12/h1,4-5,8,12,17H,2-3,6-7,9-10H2,(H2,16,19)(H,18,20). The zero-order valence-corrected chi connectivity index (χ0v) is 11.5. The molecule has 0 bridgehead atoms. The quantitative estimate of drug-likeness (QED) is 0.729. The lowest BCUT2D eigenvalue weighted by molar-refractivity contribution is -0.117. The molecule has 5 heteroatoms. The molecule has 0 spiro atoms. The summed E-state index contributed by atoms with van der Waals surface area (Å²) in [6.07, 6.45) is 4.89. The fraction of sp³-hybridized carbons (Fsp3) is 0.467. The van der Waals surface area contributed by atoms with Crippen molar-refractivity contribution in [1.82, 2.24) is 5.32 Å². The van der Waals surface area contributed by atoms with Gasteiger partial charge in [0.05, 0.1) is 13.0 Å². The van der Waals surface area contributed by atoms with Crippen LogP contribution in [0.2, 0.25) is 0 Å². The summed E-state index contributed by atoms with van der Waals surface area (Å²) in [5.41, 5.74) is 6.60. The SMILES string of the molecule is NC(=O)Cc1ccccc1NC(=O)CNC1CCCC1. The highest BCUT2D eigenvalue weighted by Gasteiger charge is 2.15. The van der Waals surface area contributed by atoms with Gasteiger partial charge in [-0.3, -0.25) is 9.59 Å². The highest BCUT2D eigenvalue weighted by Crippen LogP contribution is 2.18. The van der Waals surface area contributed by atoms with Crippen molar-refractivity contribution in [3.05, 3.63) is 29.8 Å². The Kier molecular flexibility index (Phi) is 5.12. The van der Waals surface area contributed by atoms with Crippen LogP contribution in [-0.4, -0.2) is 24.4 Å². The van der Waals surface area contributed by atoms with Crippen LogP contribution < -0.4 is 16.4 Å². The molecule has 1 aliphatic carbocycles. The van der Waals surface area contributed by atoms with Crippen molar-refractivity contribution >= 4 is 17.5 Å². The molecule has 2 rings (SSSR count). The smallest absolute Gasteiger partial charge is 0.238 e. The van der Waals surface area contributed by atoms with E-state index in [1.54, 1.807) is 12.1 Å². The third-order valence-corrected chi connectivity index (χ3v) is 3.56. The maximum Gasteiger partial charge on any atom is 0.238 e. The summed E-state index contributed by atoms with van der Waals surface area (Å²) in [6, 6.07) is 7.69. The number of anilines is 1. The van der Waals surface area contributed by atoms with Gasteiger partial charge in [0.25, 0.3) is 0 Å². The molecule has 20 heavy (non-hydrogen) atoms. The van der Waals surface area contributed by atoms with Gasteiger partial charge in [-0.15, -0.1) is 0 Å². The van der Waals surface area contributed by atoms with Gasteiger partial charge >= 0.3 is 0 Å². The molecular weight excluding hydrogens is 254 g/mol. The lowest BCUT2D eigenvalue weighted by Crippen LogP contribution is -2.34. The topological polar surface area (TPSA) is 84.2 Å². The lowest BCUT2D eigenvalue weighted by atomic mass is 10.1. The zero-order chi connectivity index (χ0) is 14.4. The summed E-state index contributed by atoms with van der Waals surface area (Å²) in [7, 11) is 0. The molecule has 0 aromatic heterocycles. The second-order valence-corrected chi connectivity index (χ2v) is 5.21. The second kappa shape index (κ2) is 7.05. The average Bonchev–Trinajstić information content (AvgIpc) is 2.91. The van der Waals surface area contributed by atoms with Gasteiger partial charge in [-0.05, 0) is 24.5 Å². The van der Waals surface area contributed by atoms with Crippen LogP contribution in [0.1, 0.15) is 31.2 Å². The van der Waals surface area contributed by atoms with Crippen molar-refractivity contribution < 1.29 is 9.59 Å². The Balaban J connectivity index is 1.88. The first kappa shape index (κ1) is 14.5. The predicted molar refractivity (Wildman–Crippen MR) is 78.2 cm³/mol. The van der Waals surface area contributed by atoms with Gasteiger partial charge in [-0.1, -0.05) is 31.0 Å². The van der Waals surface area contributed by atoms with Crippen LogP contribution in [0.15, 0.2) is 24.3 Å². The van der Waals surface area contributed by atoms with E-state index in [1.165, 1.54) is 12.8 Å². The van der Waals surface area contributed by atoms with E-state index >= 15 is 0 Å². The van der Waals surface area contributed by atoms with Crippen LogP contribution in [0.25, 0.3) is 0 Å². The van der Waals surface area contributed by atoms with Gasteiger partial charge in [0.15, 0.2) is 0 Å². The number of amides is 2. The third-order valence-electron chi connectivity index (χ3n) is 3.56. The fourth-order valence-electron chi connectivity index (χ4n) is 2.55. The van der Waals surface area contributed by atoms with Crippen molar-refractivity contribution in [3.63, 3.8) is 0 Å². The number of para-hydroxylation sites is 1. The van der Waals surface area contributed by atoms with Gasteiger partial charge < -0.3 is 16.4 Å². The van der Waals surface area contributed by atoms with E-state index in [2.05, 4.69) is 10.6 Å². The van der Waals surface area contributed by atoms with E-state index in [-0.39, 0.29) is 12.3 Å². The van der Waals surface area contributed by atoms with E-state index < -0.39 is 5.91 Å². The van der Waals surface area contributed by atoms with Crippen LogP contribution in [0.5, 0.6) is 0 Å². The predicted octanol–water partition coefficient (Wildman–Crippen LogP) is 1.19. The van der Waals surface area contributed by atoms with Crippen molar-refractivity contribution in [3.8, 4) is 0 Å². The minimum atomic E-state index is -0.407. The number of carbonyl (C=O) groups excluding carboxylic acids is 2. The van der Waals surface area contributed by atoms with Crippen LogP contribution in [0.3, 0.4) is 0 Å². The van der Waals surface area contributed by atoms with Crippen LogP contribution >= 0.6 is 0 Å². The number of carbonyl (C=O) groups is 2. The maximum atomic E-state index is 11.9. The van der Waals surface area contributed by atoms with Crippen LogP contribution in [0, 0.1) is 0 Å². The Morgan fingerprint density at radius 1 is 1.20 bits per heavy atom. The summed E-state index contributed by atoms with van der Waals surface area (Å²) in [5, 5.41) is 6.09. The Morgan fingerprint density at radius 2 is 1.90 bits per heavy atom. The summed E-state index contributed by atoms with van der Waals surface area (Å²) >= 11 is 0. The van der Waals surface area contributed by atoms with E-state index in [9.17, 15) is 9.59 Å². The first-order chi connectivity index (χ1) is 9.65. The number of benzene rings is 1. The number of rotatable bonds is 6.